The Morgan fingerprint density at radius 2 is 2.05 bits per heavy atom. The zero-order valence-corrected chi connectivity index (χ0v) is 11.5. The van der Waals surface area contributed by atoms with E-state index in [2.05, 4.69) is 15.5 Å². The zero-order chi connectivity index (χ0) is 15.2. The molecule has 6 heteroatoms. The molecule has 0 saturated heterocycles. The van der Waals surface area contributed by atoms with Crippen LogP contribution in [0, 0.1) is 0 Å². The molecule has 1 unspecified atom stereocenters. The molecule has 3 heterocycles. The lowest BCUT2D eigenvalue weighted by molar-refractivity contribution is -0.117. The van der Waals surface area contributed by atoms with Crippen molar-refractivity contribution in [3.05, 3.63) is 78.3 Å². The van der Waals surface area contributed by atoms with Gasteiger partial charge >= 0.3 is 0 Å². The lowest BCUT2D eigenvalue weighted by atomic mass is 10.1. The number of rotatable bonds is 5. The van der Waals surface area contributed by atoms with Gasteiger partial charge in [-0.2, -0.15) is 0 Å². The molecule has 110 valence electrons. The van der Waals surface area contributed by atoms with Crippen molar-refractivity contribution in [2.24, 2.45) is 0 Å². The number of pyridine rings is 1. The molecule has 0 aliphatic rings. The second-order valence-electron chi connectivity index (χ2n) is 4.50. The molecule has 1 N–H and O–H groups in total. The van der Waals surface area contributed by atoms with E-state index in [0.717, 1.165) is 5.56 Å². The number of carbonyl (C=O) groups is 1. The maximum atomic E-state index is 12.1. The Labute approximate surface area is 126 Å². The van der Waals surface area contributed by atoms with Crippen molar-refractivity contribution in [3.63, 3.8) is 0 Å². The van der Waals surface area contributed by atoms with Crippen LogP contribution in [-0.2, 0) is 4.79 Å². The summed E-state index contributed by atoms with van der Waals surface area (Å²) in [4.78, 5) is 16.0. The molecule has 0 radical (unpaired) electrons. The van der Waals surface area contributed by atoms with Gasteiger partial charge < -0.3 is 14.3 Å². The van der Waals surface area contributed by atoms with Crippen LogP contribution in [0.5, 0.6) is 0 Å². The predicted octanol–water partition coefficient (Wildman–Crippen LogP) is 2.58. The minimum Gasteiger partial charge on any atom is -0.467 e. The van der Waals surface area contributed by atoms with Gasteiger partial charge in [-0.3, -0.25) is 9.78 Å². The van der Waals surface area contributed by atoms with Crippen molar-refractivity contribution in [2.45, 2.75) is 6.04 Å². The summed E-state index contributed by atoms with van der Waals surface area (Å²) in [5.74, 6) is 0.320. The van der Waals surface area contributed by atoms with E-state index < -0.39 is 6.04 Å². The second-order valence-corrected chi connectivity index (χ2v) is 4.50. The highest BCUT2D eigenvalue weighted by Crippen LogP contribution is 2.20. The number of carbonyl (C=O) groups excluding carboxylic acids is 1. The normalized spacial score (nSPS) is 12.4. The van der Waals surface area contributed by atoms with Gasteiger partial charge in [-0.25, -0.2) is 0 Å². The number of hydrogen-bond acceptors (Lipinski definition) is 5. The summed E-state index contributed by atoms with van der Waals surface area (Å²) in [5.41, 5.74) is 1.46. The maximum absolute atomic E-state index is 12.1. The first-order valence-electron chi connectivity index (χ1n) is 6.65. The fourth-order valence-electron chi connectivity index (χ4n) is 1.95. The molecular formula is C16H13N3O3. The number of amides is 1. The first-order chi connectivity index (χ1) is 10.8. The molecule has 0 saturated carbocycles. The standard InChI is InChI=1S/C16H13N3O3/c20-15(4-3-12-5-8-17-9-6-12)18-16(13-7-11-22-19-13)14-2-1-10-21-14/h1-11,16H,(H,18,20). The Bertz CT molecular complexity index is 700. The SMILES string of the molecule is O=C(C=Cc1ccncc1)NC(c1ccon1)c1ccco1. The Balaban J connectivity index is 1.74. The largest absolute Gasteiger partial charge is 0.467 e. The van der Waals surface area contributed by atoms with Crippen LogP contribution in [0.3, 0.4) is 0 Å². The van der Waals surface area contributed by atoms with E-state index in [4.69, 9.17) is 8.94 Å². The number of hydrogen-bond donors (Lipinski definition) is 1. The van der Waals surface area contributed by atoms with Gasteiger partial charge in [0.25, 0.3) is 0 Å². The smallest absolute Gasteiger partial charge is 0.244 e. The van der Waals surface area contributed by atoms with E-state index >= 15 is 0 Å². The fraction of sp³-hybridized carbons (Fsp3) is 0.0625. The number of nitrogens with one attached hydrogen (secondary N) is 1. The summed E-state index contributed by atoms with van der Waals surface area (Å²) in [6, 6.07) is 8.33. The average molecular weight is 295 g/mol. The molecule has 0 aromatic carbocycles. The molecule has 0 spiro atoms. The van der Waals surface area contributed by atoms with Gasteiger partial charge in [0.15, 0.2) is 0 Å². The molecule has 6 nitrogen and oxygen atoms in total. The van der Waals surface area contributed by atoms with E-state index in [-0.39, 0.29) is 5.91 Å². The van der Waals surface area contributed by atoms with E-state index in [0.29, 0.717) is 11.5 Å². The van der Waals surface area contributed by atoms with Crippen LogP contribution >= 0.6 is 0 Å². The Kier molecular flexibility index (Phi) is 4.10. The molecule has 0 bridgehead atoms. The summed E-state index contributed by atoms with van der Waals surface area (Å²) in [6.45, 7) is 0. The minimum absolute atomic E-state index is 0.263. The Morgan fingerprint density at radius 3 is 2.73 bits per heavy atom. The highest BCUT2D eigenvalue weighted by Gasteiger charge is 2.21. The van der Waals surface area contributed by atoms with E-state index in [1.807, 2.05) is 12.1 Å². The van der Waals surface area contributed by atoms with Crippen molar-refractivity contribution in [3.8, 4) is 0 Å². The van der Waals surface area contributed by atoms with Crippen molar-refractivity contribution in [1.29, 1.82) is 0 Å². The molecule has 3 rings (SSSR count). The predicted molar refractivity (Wildman–Crippen MR) is 78.5 cm³/mol. The van der Waals surface area contributed by atoms with Crippen molar-refractivity contribution >= 4 is 12.0 Å². The third kappa shape index (κ3) is 3.29. The third-order valence-corrected chi connectivity index (χ3v) is 3.00. The topological polar surface area (TPSA) is 81.2 Å². The van der Waals surface area contributed by atoms with Crippen LogP contribution < -0.4 is 5.32 Å². The molecule has 22 heavy (non-hydrogen) atoms. The van der Waals surface area contributed by atoms with Crippen LogP contribution in [0.25, 0.3) is 6.08 Å². The second kappa shape index (κ2) is 6.53. The van der Waals surface area contributed by atoms with Gasteiger partial charge in [0.05, 0.1) is 6.26 Å². The number of furan rings is 1. The van der Waals surface area contributed by atoms with Gasteiger partial charge in [0.2, 0.25) is 5.91 Å². The lowest BCUT2D eigenvalue weighted by Crippen LogP contribution is -2.27. The monoisotopic (exact) mass is 295 g/mol. The first kappa shape index (κ1) is 13.8. The zero-order valence-electron chi connectivity index (χ0n) is 11.5. The summed E-state index contributed by atoms with van der Waals surface area (Å²) >= 11 is 0. The lowest BCUT2D eigenvalue weighted by Gasteiger charge is -2.12. The van der Waals surface area contributed by atoms with Crippen LogP contribution in [0.15, 0.2) is 70.3 Å². The molecule has 0 aliphatic heterocycles. The average Bonchev–Trinajstić information content (AvgIpc) is 3.25. The fourth-order valence-corrected chi connectivity index (χ4v) is 1.95. The molecule has 0 fully saturated rings. The molecule has 0 aliphatic carbocycles. The Morgan fingerprint density at radius 1 is 1.18 bits per heavy atom. The van der Waals surface area contributed by atoms with Crippen molar-refractivity contribution in [1.82, 2.24) is 15.5 Å². The van der Waals surface area contributed by atoms with Gasteiger partial charge in [-0.05, 0) is 35.9 Å². The Hall–Kier alpha value is -3.15. The van der Waals surface area contributed by atoms with Gasteiger partial charge in [0, 0.05) is 24.5 Å². The minimum atomic E-state index is -0.497. The summed E-state index contributed by atoms with van der Waals surface area (Å²) in [7, 11) is 0. The summed E-state index contributed by atoms with van der Waals surface area (Å²) < 4.78 is 10.2. The molecule has 1 atom stereocenters. The third-order valence-electron chi connectivity index (χ3n) is 3.00. The number of aromatic nitrogens is 2. The number of nitrogens with zero attached hydrogens (tertiary/aromatic N) is 2. The van der Waals surface area contributed by atoms with Gasteiger partial charge in [0.1, 0.15) is 23.8 Å². The summed E-state index contributed by atoms with van der Waals surface area (Å²) in [6.07, 6.45) is 9.48. The first-order valence-corrected chi connectivity index (χ1v) is 6.65. The highest BCUT2D eigenvalue weighted by atomic mass is 16.5. The molecule has 1 amide bonds. The van der Waals surface area contributed by atoms with Crippen molar-refractivity contribution < 1.29 is 13.7 Å². The van der Waals surface area contributed by atoms with Crippen LogP contribution in [0.2, 0.25) is 0 Å². The van der Waals surface area contributed by atoms with E-state index in [9.17, 15) is 4.79 Å². The van der Waals surface area contributed by atoms with Crippen molar-refractivity contribution in [2.75, 3.05) is 0 Å². The quantitative estimate of drug-likeness (QED) is 0.732. The molecule has 3 aromatic rings. The molecular weight excluding hydrogens is 282 g/mol. The van der Waals surface area contributed by atoms with E-state index in [1.54, 1.807) is 42.9 Å². The molecule has 3 aromatic heterocycles. The van der Waals surface area contributed by atoms with Crippen LogP contribution in [-0.4, -0.2) is 16.0 Å². The van der Waals surface area contributed by atoms with Crippen LogP contribution in [0.1, 0.15) is 23.1 Å². The van der Waals surface area contributed by atoms with Crippen LogP contribution in [0.4, 0.5) is 0 Å². The van der Waals surface area contributed by atoms with E-state index in [1.165, 1.54) is 12.3 Å². The van der Waals surface area contributed by atoms with Gasteiger partial charge in [-0.15, -0.1) is 0 Å². The maximum Gasteiger partial charge on any atom is 0.244 e. The summed E-state index contributed by atoms with van der Waals surface area (Å²) in [5, 5.41) is 6.70. The van der Waals surface area contributed by atoms with Gasteiger partial charge in [-0.1, -0.05) is 5.16 Å². The highest BCUT2D eigenvalue weighted by molar-refractivity contribution is 5.92.